The Kier molecular flexibility index (Phi) is 8.78. The van der Waals surface area contributed by atoms with E-state index < -0.39 is 0 Å². The van der Waals surface area contributed by atoms with Gasteiger partial charge >= 0.3 is 0 Å². The number of rotatable bonds is 12. The summed E-state index contributed by atoms with van der Waals surface area (Å²) in [5.74, 6) is 3.28. The first-order chi connectivity index (χ1) is 15.6. The van der Waals surface area contributed by atoms with Crippen molar-refractivity contribution in [2.45, 2.75) is 26.2 Å². The Morgan fingerprint density at radius 1 is 0.438 bits per heavy atom. The first-order valence-corrected chi connectivity index (χ1v) is 10.8. The average molecular weight is 439 g/mol. The largest absolute Gasteiger partial charge is 0.497 e. The minimum absolute atomic E-state index is 0.820. The Bertz CT molecular complexity index is 865. The number of quaternary nitrogens is 2. The maximum atomic E-state index is 5.35. The molecule has 0 heterocycles. The third-order valence-corrected chi connectivity index (χ3v) is 5.37. The molecule has 0 amide bonds. The summed E-state index contributed by atoms with van der Waals surface area (Å²) in [5, 5.41) is 4.57. The molecule has 0 spiro atoms. The number of methoxy groups -OCH3 is 4. The van der Waals surface area contributed by atoms with Crippen LogP contribution in [0, 0.1) is 0 Å². The van der Waals surface area contributed by atoms with Crippen LogP contribution in [-0.2, 0) is 26.2 Å². The number of benzene rings is 3. The van der Waals surface area contributed by atoms with Crippen LogP contribution in [0.5, 0.6) is 23.0 Å². The van der Waals surface area contributed by atoms with Crippen LogP contribution in [0.25, 0.3) is 0 Å². The van der Waals surface area contributed by atoms with Crippen LogP contribution in [-0.4, -0.2) is 28.4 Å². The predicted molar refractivity (Wildman–Crippen MR) is 124 cm³/mol. The monoisotopic (exact) mass is 438 g/mol. The first kappa shape index (κ1) is 23.4. The normalized spacial score (nSPS) is 10.6. The van der Waals surface area contributed by atoms with Gasteiger partial charge in [-0.05, 0) is 24.3 Å². The van der Waals surface area contributed by atoms with Gasteiger partial charge in [0.2, 0.25) is 0 Å². The van der Waals surface area contributed by atoms with Crippen molar-refractivity contribution in [3.05, 3.63) is 82.9 Å². The van der Waals surface area contributed by atoms with Crippen molar-refractivity contribution in [3.8, 4) is 23.0 Å². The van der Waals surface area contributed by atoms with Gasteiger partial charge < -0.3 is 29.6 Å². The van der Waals surface area contributed by atoms with Crippen molar-refractivity contribution < 1.29 is 29.6 Å². The lowest BCUT2D eigenvalue weighted by Crippen LogP contribution is -2.81. The van der Waals surface area contributed by atoms with E-state index in [4.69, 9.17) is 18.9 Å². The van der Waals surface area contributed by atoms with Crippen molar-refractivity contribution in [2.75, 3.05) is 28.4 Å². The minimum atomic E-state index is 0.820. The molecule has 3 aromatic rings. The van der Waals surface area contributed by atoms with Crippen molar-refractivity contribution in [1.29, 1.82) is 0 Å². The van der Waals surface area contributed by atoms with Gasteiger partial charge in [0.1, 0.15) is 49.2 Å². The predicted octanol–water partition coefficient (Wildman–Crippen LogP) is 2.25. The van der Waals surface area contributed by atoms with E-state index in [9.17, 15) is 0 Å². The van der Waals surface area contributed by atoms with Gasteiger partial charge in [-0.3, -0.25) is 0 Å². The van der Waals surface area contributed by atoms with E-state index in [0.717, 1.165) is 49.2 Å². The number of ether oxygens (including phenoxy) is 4. The third-order valence-electron chi connectivity index (χ3n) is 5.37. The summed E-state index contributed by atoms with van der Waals surface area (Å²) in [4.78, 5) is 0. The molecule has 0 saturated carbocycles. The summed E-state index contributed by atoms with van der Waals surface area (Å²) < 4.78 is 21.4. The standard InChI is InChI=1S/C26H32N2O4/c1-29-23-9-21(10-24(13-23)30-2)17-27-15-19-5-7-20(8-6-19)16-28-18-22-11-25(31-3)14-26(12-22)32-4/h5-14,27-28H,15-18H2,1-4H3/p+2. The van der Waals surface area contributed by atoms with Gasteiger partial charge in [0.15, 0.2) is 0 Å². The van der Waals surface area contributed by atoms with E-state index in [-0.39, 0.29) is 0 Å². The average Bonchev–Trinajstić information content (AvgIpc) is 2.84. The van der Waals surface area contributed by atoms with Crippen LogP contribution < -0.4 is 29.6 Å². The highest BCUT2D eigenvalue weighted by Gasteiger charge is 2.06. The molecule has 0 aromatic heterocycles. The fourth-order valence-corrected chi connectivity index (χ4v) is 3.59. The number of nitrogens with two attached hydrogens (primary N) is 2. The molecular weight excluding hydrogens is 404 g/mol. The summed E-state index contributed by atoms with van der Waals surface area (Å²) in [6.45, 7) is 3.58. The van der Waals surface area contributed by atoms with E-state index in [1.807, 2.05) is 12.1 Å². The molecule has 0 saturated heterocycles. The van der Waals surface area contributed by atoms with Gasteiger partial charge in [0.25, 0.3) is 0 Å². The smallest absolute Gasteiger partial charge is 0.123 e. The van der Waals surface area contributed by atoms with Gasteiger partial charge in [-0.25, -0.2) is 0 Å². The van der Waals surface area contributed by atoms with E-state index in [1.165, 1.54) is 22.3 Å². The van der Waals surface area contributed by atoms with E-state index >= 15 is 0 Å². The van der Waals surface area contributed by atoms with Gasteiger partial charge in [-0.1, -0.05) is 24.3 Å². The first-order valence-electron chi connectivity index (χ1n) is 10.8. The Morgan fingerprint density at radius 3 is 1.00 bits per heavy atom. The molecule has 0 aliphatic carbocycles. The molecular formula is C26H34N2O4+2. The molecule has 0 radical (unpaired) electrons. The lowest BCUT2D eigenvalue weighted by atomic mass is 10.1. The Labute approximate surface area is 190 Å². The molecule has 0 aliphatic rings. The number of hydrogen-bond donors (Lipinski definition) is 2. The third kappa shape index (κ3) is 6.90. The van der Waals surface area contributed by atoms with E-state index in [2.05, 4.69) is 59.2 Å². The maximum absolute atomic E-state index is 5.35. The highest BCUT2D eigenvalue weighted by atomic mass is 16.5. The topological polar surface area (TPSA) is 70.1 Å². The molecule has 32 heavy (non-hydrogen) atoms. The summed E-state index contributed by atoms with van der Waals surface area (Å²) in [7, 11) is 6.70. The van der Waals surface area contributed by atoms with Crippen LogP contribution in [0.4, 0.5) is 0 Å². The van der Waals surface area contributed by atoms with Crippen molar-refractivity contribution in [3.63, 3.8) is 0 Å². The lowest BCUT2D eigenvalue weighted by Gasteiger charge is -2.09. The van der Waals surface area contributed by atoms with Gasteiger partial charge in [0.05, 0.1) is 28.4 Å². The molecule has 0 atom stereocenters. The molecule has 4 N–H and O–H groups in total. The van der Waals surface area contributed by atoms with Crippen molar-refractivity contribution >= 4 is 0 Å². The lowest BCUT2D eigenvalue weighted by molar-refractivity contribution is -0.686. The SMILES string of the molecule is COc1cc(C[NH2+]Cc2ccc(C[NH2+]Cc3cc(OC)cc(OC)c3)cc2)cc(OC)c1. The summed E-state index contributed by atoms with van der Waals surface area (Å²) in [6, 6.07) is 20.8. The Morgan fingerprint density at radius 2 is 0.719 bits per heavy atom. The fraction of sp³-hybridized carbons (Fsp3) is 0.308. The molecule has 0 bridgehead atoms. The minimum Gasteiger partial charge on any atom is -0.497 e. The van der Waals surface area contributed by atoms with Crippen molar-refractivity contribution in [1.82, 2.24) is 0 Å². The van der Waals surface area contributed by atoms with Crippen molar-refractivity contribution in [2.24, 2.45) is 0 Å². The van der Waals surface area contributed by atoms with E-state index in [0.29, 0.717) is 0 Å². The fourth-order valence-electron chi connectivity index (χ4n) is 3.59. The van der Waals surface area contributed by atoms with Crippen LogP contribution in [0.3, 0.4) is 0 Å². The van der Waals surface area contributed by atoms with E-state index in [1.54, 1.807) is 28.4 Å². The molecule has 3 aromatic carbocycles. The van der Waals surface area contributed by atoms with Gasteiger partial charge in [0, 0.05) is 34.4 Å². The highest BCUT2D eigenvalue weighted by Crippen LogP contribution is 2.22. The second kappa shape index (κ2) is 12.0. The zero-order valence-corrected chi connectivity index (χ0v) is 19.4. The van der Waals surface area contributed by atoms with Crippen LogP contribution >= 0.6 is 0 Å². The molecule has 170 valence electrons. The van der Waals surface area contributed by atoms with Gasteiger partial charge in [-0.15, -0.1) is 0 Å². The van der Waals surface area contributed by atoms with Gasteiger partial charge in [-0.2, -0.15) is 0 Å². The zero-order chi connectivity index (χ0) is 22.8. The quantitative estimate of drug-likeness (QED) is 0.455. The summed E-state index contributed by atoms with van der Waals surface area (Å²) >= 11 is 0. The zero-order valence-electron chi connectivity index (χ0n) is 19.4. The molecule has 6 heteroatoms. The summed E-state index contributed by atoms with van der Waals surface area (Å²) in [6.07, 6.45) is 0. The molecule has 3 rings (SSSR count). The second-order valence-electron chi connectivity index (χ2n) is 7.65. The molecule has 0 unspecified atom stereocenters. The summed E-state index contributed by atoms with van der Waals surface area (Å²) in [5.41, 5.74) is 4.98. The molecule has 0 fully saturated rings. The second-order valence-corrected chi connectivity index (χ2v) is 7.65. The van der Waals surface area contributed by atoms with Crippen LogP contribution in [0.2, 0.25) is 0 Å². The Balaban J connectivity index is 1.46. The number of hydrogen-bond acceptors (Lipinski definition) is 4. The maximum Gasteiger partial charge on any atom is 0.123 e. The van der Waals surface area contributed by atoms with Crippen LogP contribution in [0.15, 0.2) is 60.7 Å². The highest BCUT2D eigenvalue weighted by molar-refractivity contribution is 5.38. The Hall–Kier alpha value is -3.22. The molecule has 0 aliphatic heterocycles. The van der Waals surface area contributed by atoms with Crippen LogP contribution in [0.1, 0.15) is 22.3 Å². The molecule has 6 nitrogen and oxygen atoms in total.